The van der Waals surface area contributed by atoms with Gasteiger partial charge in [0.15, 0.2) is 5.82 Å². The molecular formula is C21H18N4O. The van der Waals surface area contributed by atoms with Gasteiger partial charge in [-0.3, -0.25) is 0 Å². The maximum atomic E-state index is 5.26. The molecular weight excluding hydrogens is 324 g/mol. The van der Waals surface area contributed by atoms with E-state index >= 15 is 0 Å². The first-order valence-corrected chi connectivity index (χ1v) is 8.31. The van der Waals surface area contributed by atoms with Crippen LogP contribution in [-0.4, -0.2) is 21.9 Å². The van der Waals surface area contributed by atoms with Crippen LogP contribution in [0, 0.1) is 0 Å². The van der Waals surface area contributed by atoms with Gasteiger partial charge in [0.05, 0.1) is 18.5 Å². The maximum Gasteiger partial charge on any atom is 0.154 e. The highest BCUT2D eigenvalue weighted by atomic mass is 16.5. The number of pyridine rings is 1. The average Bonchev–Trinajstić information content (AvgIpc) is 3.13. The van der Waals surface area contributed by atoms with E-state index in [1.165, 1.54) is 0 Å². The van der Waals surface area contributed by atoms with Crippen molar-refractivity contribution in [3.05, 3.63) is 85.1 Å². The van der Waals surface area contributed by atoms with Gasteiger partial charge in [-0.25, -0.2) is 9.67 Å². The van der Waals surface area contributed by atoms with Gasteiger partial charge in [-0.05, 0) is 48.5 Å². The number of methoxy groups -OCH3 is 1. The van der Waals surface area contributed by atoms with Crippen LogP contribution >= 0.6 is 0 Å². The Bertz CT molecular complexity index is 980. The van der Waals surface area contributed by atoms with Crippen molar-refractivity contribution in [2.75, 3.05) is 12.4 Å². The smallest absolute Gasteiger partial charge is 0.154 e. The highest BCUT2D eigenvalue weighted by Crippen LogP contribution is 2.28. The van der Waals surface area contributed by atoms with Crippen LogP contribution in [-0.2, 0) is 0 Å². The standard InChI is InChI=1S/C21H18N4O/c1-26-18-12-10-16(11-13-18)19-15-21(23-20-9-5-6-14-22-20)24-25(19)17-7-3-2-4-8-17/h2-15H,1H3,(H,22,23,24). The minimum Gasteiger partial charge on any atom is -0.497 e. The van der Waals surface area contributed by atoms with Gasteiger partial charge >= 0.3 is 0 Å². The summed E-state index contributed by atoms with van der Waals surface area (Å²) in [6.07, 6.45) is 1.75. The highest BCUT2D eigenvalue weighted by molar-refractivity contribution is 5.68. The van der Waals surface area contributed by atoms with E-state index in [0.29, 0.717) is 0 Å². The molecule has 0 aliphatic rings. The summed E-state index contributed by atoms with van der Waals surface area (Å²) in [6.45, 7) is 0. The summed E-state index contributed by atoms with van der Waals surface area (Å²) in [5.41, 5.74) is 3.03. The summed E-state index contributed by atoms with van der Waals surface area (Å²) in [7, 11) is 1.66. The summed E-state index contributed by atoms with van der Waals surface area (Å²) in [5.74, 6) is 2.32. The summed E-state index contributed by atoms with van der Waals surface area (Å²) in [6, 6.07) is 25.8. The molecule has 0 saturated heterocycles. The van der Waals surface area contributed by atoms with Crippen molar-refractivity contribution in [2.24, 2.45) is 0 Å². The summed E-state index contributed by atoms with van der Waals surface area (Å²) in [5, 5.41) is 7.99. The van der Waals surface area contributed by atoms with Gasteiger partial charge in [-0.2, -0.15) is 0 Å². The van der Waals surface area contributed by atoms with Gasteiger partial charge in [0.2, 0.25) is 0 Å². The van der Waals surface area contributed by atoms with E-state index in [1.54, 1.807) is 13.3 Å². The van der Waals surface area contributed by atoms with Crippen molar-refractivity contribution in [1.29, 1.82) is 0 Å². The Kier molecular flexibility index (Phi) is 4.35. The molecule has 128 valence electrons. The van der Waals surface area contributed by atoms with Crippen LogP contribution in [0.25, 0.3) is 16.9 Å². The van der Waals surface area contributed by atoms with E-state index < -0.39 is 0 Å². The molecule has 0 spiro atoms. The van der Waals surface area contributed by atoms with Crippen molar-refractivity contribution < 1.29 is 4.74 Å². The third kappa shape index (κ3) is 3.28. The molecule has 5 heteroatoms. The fourth-order valence-electron chi connectivity index (χ4n) is 2.74. The predicted octanol–water partition coefficient (Wildman–Crippen LogP) is 4.69. The zero-order valence-electron chi connectivity index (χ0n) is 14.3. The van der Waals surface area contributed by atoms with E-state index in [9.17, 15) is 0 Å². The normalized spacial score (nSPS) is 10.5. The topological polar surface area (TPSA) is 52.0 Å². The van der Waals surface area contributed by atoms with Gasteiger partial charge in [0.1, 0.15) is 11.6 Å². The first-order chi connectivity index (χ1) is 12.8. The predicted molar refractivity (Wildman–Crippen MR) is 103 cm³/mol. The van der Waals surface area contributed by atoms with Gasteiger partial charge in [0, 0.05) is 17.8 Å². The molecule has 2 aromatic heterocycles. The quantitative estimate of drug-likeness (QED) is 0.572. The lowest BCUT2D eigenvalue weighted by atomic mass is 10.1. The van der Waals surface area contributed by atoms with E-state index in [-0.39, 0.29) is 0 Å². The molecule has 0 aliphatic heterocycles. The van der Waals surface area contributed by atoms with Crippen LogP contribution < -0.4 is 10.1 Å². The molecule has 0 fully saturated rings. The first kappa shape index (κ1) is 15.9. The summed E-state index contributed by atoms with van der Waals surface area (Å²) < 4.78 is 7.18. The number of para-hydroxylation sites is 1. The number of anilines is 2. The Labute approximate surface area is 151 Å². The monoisotopic (exact) mass is 342 g/mol. The van der Waals surface area contributed by atoms with Crippen LogP contribution in [0.2, 0.25) is 0 Å². The molecule has 1 N–H and O–H groups in total. The number of ether oxygens (including phenoxy) is 1. The lowest BCUT2D eigenvalue weighted by Crippen LogP contribution is -2.00. The molecule has 2 aromatic carbocycles. The second-order valence-corrected chi connectivity index (χ2v) is 5.73. The number of aromatic nitrogens is 3. The lowest BCUT2D eigenvalue weighted by Gasteiger charge is -2.08. The molecule has 26 heavy (non-hydrogen) atoms. The zero-order chi connectivity index (χ0) is 17.8. The van der Waals surface area contributed by atoms with Crippen LogP contribution in [0.3, 0.4) is 0 Å². The van der Waals surface area contributed by atoms with Crippen molar-refractivity contribution in [3.8, 4) is 22.7 Å². The van der Waals surface area contributed by atoms with Crippen molar-refractivity contribution >= 4 is 11.6 Å². The second-order valence-electron chi connectivity index (χ2n) is 5.73. The highest BCUT2D eigenvalue weighted by Gasteiger charge is 2.12. The van der Waals surface area contributed by atoms with Gasteiger partial charge in [-0.1, -0.05) is 24.3 Å². The fraction of sp³-hybridized carbons (Fsp3) is 0.0476. The van der Waals surface area contributed by atoms with Crippen molar-refractivity contribution in [3.63, 3.8) is 0 Å². The SMILES string of the molecule is COc1ccc(-c2cc(Nc3ccccn3)nn2-c2ccccc2)cc1. The van der Waals surface area contributed by atoms with Gasteiger partial charge in [-0.15, -0.1) is 5.10 Å². The number of benzene rings is 2. The molecule has 0 radical (unpaired) electrons. The largest absolute Gasteiger partial charge is 0.497 e. The molecule has 5 nitrogen and oxygen atoms in total. The minimum atomic E-state index is 0.735. The number of hydrogen-bond acceptors (Lipinski definition) is 4. The van der Waals surface area contributed by atoms with E-state index in [0.717, 1.165) is 34.3 Å². The summed E-state index contributed by atoms with van der Waals surface area (Å²) in [4.78, 5) is 4.30. The number of nitrogens with zero attached hydrogens (tertiary/aromatic N) is 3. The minimum absolute atomic E-state index is 0.735. The van der Waals surface area contributed by atoms with Crippen LogP contribution in [0.15, 0.2) is 85.1 Å². The Morgan fingerprint density at radius 2 is 1.62 bits per heavy atom. The third-order valence-electron chi connectivity index (χ3n) is 4.02. The van der Waals surface area contributed by atoms with E-state index in [2.05, 4.69) is 10.3 Å². The molecule has 4 rings (SSSR count). The fourth-order valence-corrected chi connectivity index (χ4v) is 2.74. The third-order valence-corrected chi connectivity index (χ3v) is 4.02. The molecule has 2 heterocycles. The average molecular weight is 342 g/mol. The van der Waals surface area contributed by atoms with Gasteiger partial charge < -0.3 is 10.1 Å². The molecule has 0 bridgehead atoms. The van der Waals surface area contributed by atoms with Gasteiger partial charge in [0.25, 0.3) is 0 Å². The second kappa shape index (κ2) is 7.11. The van der Waals surface area contributed by atoms with Crippen LogP contribution in [0.4, 0.5) is 11.6 Å². The zero-order valence-corrected chi connectivity index (χ0v) is 14.3. The Morgan fingerprint density at radius 1 is 0.846 bits per heavy atom. The Balaban J connectivity index is 1.77. The van der Waals surface area contributed by atoms with Crippen molar-refractivity contribution in [1.82, 2.24) is 14.8 Å². The van der Waals surface area contributed by atoms with E-state index in [1.807, 2.05) is 83.5 Å². The molecule has 0 unspecified atom stereocenters. The molecule has 0 saturated carbocycles. The number of hydrogen-bond donors (Lipinski definition) is 1. The van der Waals surface area contributed by atoms with Crippen LogP contribution in [0.5, 0.6) is 5.75 Å². The lowest BCUT2D eigenvalue weighted by molar-refractivity contribution is 0.415. The summed E-state index contributed by atoms with van der Waals surface area (Å²) >= 11 is 0. The number of rotatable bonds is 5. The van der Waals surface area contributed by atoms with Crippen LogP contribution in [0.1, 0.15) is 0 Å². The molecule has 0 aliphatic carbocycles. The molecule has 0 atom stereocenters. The van der Waals surface area contributed by atoms with E-state index in [4.69, 9.17) is 9.84 Å². The maximum absolute atomic E-state index is 5.26. The number of nitrogens with one attached hydrogen (secondary N) is 1. The Hall–Kier alpha value is -3.60. The van der Waals surface area contributed by atoms with Crippen molar-refractivity contribution in [2.45, 2.75) is 0 Å². The molecule has 4 aromatic rings. The Morgan fingerprint density at radius 3 is 2.31 bits per heavy atom. The molecule has 0 amide bonds. The first-order valence-electron chi connectivity index (χ1n) is 8.31.